The van der Waals surface area contributed by atoms with Crippen molar-refractivity contribution in [2.45, 2.75) is 73.3 Å². The van der Waals surface area contributed by atoms with Crippen molar-refractivity contribution in [3.63, 3.8) is 0 Å². The van der Waals surface area contributed by atoms with Crippen molar-refractivity contribution in [3.8, 4) is 0 Å². The summed E-state index contributed by atoms with van der Waals surface area (Å²) in [7, 11) is 0. The molecule has 0 aliphatic carbocycles. The number of nitrogens with zero attached hydrogens (tertiary/aromatic N) is 3. The molecule has 0 N–H and O–H groups in total. The topological polar surface area (TPSA) is 30.7 Å². The van der Waals surface area contributed by atoms with Gasteiger partial charge in [0.05, 0.1) is 11.4 Å². The third-order valence-electron chi connectivity index (χ3n) is 2.84. The molecule has 0 bridgehead atoms. The minimum Gasteiger partial charge on any atom is -0.249 e. The number of unbranched alkanes of at least 4 members (excludes halogenated alkanes) is 1. The van der Waals surface area contributed by atoms with Crippen LogP contribution in [0.25, 0.3) is 0 Å². The molecule has 1 rings (SSSR count). The van der Waals surface area contributed by atoms with E-state index in [1.807, 2.05) is 0 Å². The highest BCUT2D eigenvalue weighted by Gasteiger charge is 2.21. The van der Waals surface area contributed by atoms with Gasteiger partial charge in [-0.1, -0.05) is 53.2 Å². The maximum absolute atomic E-state index is 4.37. The van der Waals surface area contributed by atoms with Gasteiger partial charge in [0.25, 0.3) is 0 Å². The molecular formula is C14H27N3. The Morgan fingerprint density at radius 1 is 1.24 bits per heavy atom. The van der Waals surface area contributed by atoms with Crippen LogP contribution in [0.2, 0.25) is 0 Å². The Kier molecular flexibility index (Phi) is 4.72. The largest absolute Gasteiger partial charge is 0.249 e. The molecule has 0 aromatic carbocycles. The van der Waals surface area contributed by atoms with Gasteiger partial charge in [0.1, 0.15) is 0 Å². The number of aromatic nitrogens is 3. The normalized spacial score (nSPS) is 12.4. The maximum atomic E-state index is 4.37. The molecule has 0 atom stereocenters. The molecule has 0 saturated carbocycles. The molecule has 0 amide bonds. The Bertz CT molecular complexity index is 345. The fraction of sp³-hybridized carbons (Fsp3) is 0.857. The Morgan fingerprint density at radius 2 is 1.88 bits per heavy atom. The molecule has 98 valence electrons. The van der Waals surface area contributed by atoms with Crippen LogP contribution in [0.1, 0.15) is 71.7 Å². The van der Waals surface area contributed by atoms with E-state index < -0.39 is 0 Å². The summed E-state index contributed by atoms with van der Waals surface area (Å²) in [6.45, 7) is 14.4. The number of aryl methyl sites for hydroxylation is 1. The molecule has 1 aromatic heterocycles. The van der Waals surface area contributed by atoms with Crippen LogP contribution in [-0.2, 0) is 13.0 Å². The summed E-state index contributed by atoms with van der Waals surface area (Å²) in [5.41, 5.74) is 2.80. The summed E-state index contributed by atoms with van der Waals surface area (Å²) >= 11 is 0. The molecule has 0 unspecified atom stereocenters. The van der Waals surface area contributed by atoms with E-state index in [4.69, 9.17) is 0 Å². The van der Waals surface area contributed by atoms with Gasteiger partial charge in [0.2, 0.25) is 0 Å². The van der Waals surface area contributed by atoms with Gasteiger partial charge in [-0.2, -0.15) is 0 Å². The van der Waals surface area contributed by atoms with E-state index in [1.165, 1.54) is 24.2 Å². The third kappa shape index (κ3) is 4.14. The zero-order valence-electron chi connectivity index (χ0n) is 12.2. The first-order chi connectivity index (χ1) is 7.85. The second kappa shape index (κ2) is 5.65. The molecule has 0 aliphatic rings. The van der Waals surface area contributed by atoms with E-state index in [1.54, 1.807) is 0 Å². The van der Waals surface area contributed by atoms with Gasteiger partial charge in [0.15, 0.2) is 0 Å². The van der Waals surface area contributed by atoms with E-state index in [0.29, 0.717) is 5.92 Å². The number of hydrogen-bond acceptors (Lipinski definition) is 2. The summed E-state index contributed by atoms with van der Waals surface area (Å²) in [5, 5.41) is 8.69. The highest BCUT2D eigenvalue weighted by atomic mass is 15.4. The molecule has 1 heterocycles. The monoisotopic (exact) mass is 237 g/mol. The quantitative estimate of drug-likeness (QED) is 0.780. The van der Waals surface area contributed by atoms with Crippen LogP contribution >= 0.6 is 0 Å². The first-order valence-corrected chi connectivity index (χ1v) is 6.77. The standard InChI is InChI=1S/C14H27N3/c1-7-8-9-17-12(10-14(4,5)6)13(11(2)3)15-16-17/h11H,7-10H2,1-6H3. The number of rotatable bonds is 5. The van der Waals surface area contributed by atoms with Crippen molar-refractivity contribution in [3.05, 3.63) is 11.4 Å². The molecule has 1 aromatic rings. The molecule has 0 saturated heterocycles. The van der Waals surface area contributed by atoms with E-state index in [2.05, 4.69) is 56.5 Å². The van der Waals surface area contributed by atoms with E-state index in [-0.39, 0.29) is 5.41 Å². The predicted octanol–water partition coefficient (Wildman–Crippen LogP) is 3.79. The molecule has 0 radical (unpaired) electrons. The second-order valence-corrected chi connectivity index (χ2v) is 6.39. The summed E-state index contributed by atoms with van der Waals surface area (Å²) in [6, 6.07) is 0. The summed E-state index contributed by atoms with van der Waals surface area (Å²) < 4.78 is 2.12. The SMILES string of the molecule is CCCCn1nnc(C(C)C)c1CC(C)(C)C. The number of hydrogen-bond donors (Lipinski definition) is 0. The smallest absolute Gasteiger partial charge is 0.0884 e. The second-order valence-electron chi connectivity index (χ2n) is 6.39. The van der Waals surface area contributed by atoms with Crippen molar-refractivity contribution in [2.75, 3.05) is 0 Å². The van der Waals surface area contributed by atoms with Crippen molar-refractivity contribution < 1.29 is 0 Å². The average Bonchev–Trinajstić information content (AvgIpc) is 2.55. The van der Waals surface area contributed by atoms with Crippen LogP contribution in [0.4, 0.5) is 0 Å². The Balaban J connectivity index is 2.97. The van der Waals surface area contributed by atoms with E-state index in [0.717, 1.165) is 13.0 Å². The zero-order chi connectivity index (χ0) is 13.1. The lowest BCUT2D eigenvalue weighted by atomic mass is 9.88. The summed E-state index contributed by atoms with van der Waals surface area (Å²) in [4.78, 5) is 0. The molecule has 3 nitrogen and oxygen atoms in total. The van der Waals surface area contributed by atoms with Crippen molar-refractivity contribution >= 4 is 0 Å². The lowest BCUT2D eigenvalue weighted by molar-refractivity contribution is 0.387. The zero-order valence-corrected chi connectivity index (χ0v) is 12.2. The summed E-state index contributed by atoms with van der Waals surface area (Å²) in [5.74, 6) is 0.461. The van der Waals surface area contributed by atoms with Gasteiger partial charge in [-0.25, -0.2) is 4.68 Å². The minimum absolute atomic E-state index is 0.287. The van der Waals surface area contributed by atoms with Crippen LogP contribution in [0, 0.1) is 5.41 Å². The Morgan fingerprint density at radius 3 is 2.35 bits per heavy atom. The molecule has 17 heavy (non-hydrogen) atoms. The summed E-state index contributed by atoms with van der Waals surface area (Å²) in [6.07, 6.45) is 3.43. The fourth-order valence-electron chi connectivity index (χ4n) is 1.97. The highest BCUT2D eigenvalue weighted by Crippen LogP contribution is 2.25. The van der Waals surface area contributed by atoms with Crippen LogP contribution in [0.15, 0.2) is 0 Å². The van der Waals surface area contributed by atoms with E-state index >= 15 is 0 Å². The molecular weight excluding hydrogens is 210 g/mol. The van der Waals surface area contributed by atoms with Crippen molar-refractivity contribution in [1.29, 1.82) is 0 Å². The molecule has 0 aliphatic heterocycles. The van der Waals surface area contributed by atoms with Gasteiger partial charge >= 0.3 is 0 Å². The maximum Gasteiger partial charge on any atom is 0.0884 e. The van der Waals surface area contributed by atoms with Gasteiger partial charge in [-0.05, 0) is 24.2 Å². The first kappa shape index (κ1) is 14.2. The Labute approximate surface area is 106 Å². The fourth-order valence-corrected chi connectivity index (χ4v) is 1.97. The van der Waals surface area contributed by atoms with Gasteiger partial charge < -0.3 is 0 Å². The van der Waals surface area contributed by atoms with Gasteiger partial charge in [-0.15, -0.1) is 5.10 Å². The highest BCUT2D eigenvalue weighted by molar-refractivity contribution is 5.15. The lowest BCUT2D eigenvalue weighted by Gasteiger charge is -2.20. The van der Waals surface area contributed by atoms with Gasteiger partial charge in [0, 0.05) is 6.54 Å². The van der Waals surface area contributed by atoms with Crippen LogP contribution in [-0.4, -0.2) is 15.0 Å². The van der Waals surface area contributed by atoms with Crippen LogP contribution in [0.5, 0.6) is 0 Å². The molecule has 0 spiro atoms. The molecule has 3 heteroatoms. The van der Waals surface area contributed by atoms with Gasteiger partial charge in [-0.3, -0.25) is 0 Å². The molecule has 0 fully saturated rings. The third-order valence-corrected chi connectivity index (χ3v) is 2.84. The minimum atomic E-state index is 0.287. The van der Waals surface area contributed by atoms with Crippen molar-refractivity contribution in [1.82, 2.24) is 15.0 Å². The Hall–Kier alpha value is -0.860. The van der Waals surface area contributed by atoms with E-state index in [9.17, 15) is 0 Å². The van der Waals surface area contributed by atoms with Crippen LogP contribution < -0.4 is 0 Å². The predicted molar refractivity (Wildman–Crippen MR) is 72.2 cm³/mol. The lowest BCUT2D eigenvalue weighted by Crippen LogP contribution is -2.16. The first-order valence-electron chi connectivity index (χ1n) is 6.77. The average molecular weight is 237 g/mol. The van der Waals surface area contributed by atoms with Crippen LogP contribution in [0.3, 0.4) is 0 Å². The van der Waals surface area contributed by atoms with Crippen molar-refractivity contribution in [2.24, 2.45) is 5.41 Å².